The summed E-state index contributed by atoms with van der Waals surface area (Å²) in [5, 5.41) is 1.73. The molecular weight excluding hydrogens is 310 g/mol. The predicted molar refractivity (Wildman–Crippen MR) is 80.2 cm³/mol. The van der Waals surface area contributed by atoms with Crippen molar-refractivity contribution in [1.29, 1.82) is 0 Å². The summed E-state index contributed by atoms with van der Waals surface area (Å²) < 4.78 is 0. The van der Waals surface area contributed by atoms with Gasteiger partial charge in [-0.15, -0.1) is 11.6 Å². The Kier molecular flexibility index (Phi) is 4.80. The Morgan fingerprint density at radius 1 is 0.889 bits per heavy atom. The summed E-state index contributed by atoms with van der Waals surface area (Å²) in [6.07, 6.45) is 0.655. The van der Waals surface area contributed by atoms with Crippen LogP contribution in [0.15, 0.2) is 42.5 Å². The summed E-state index contributed by atoms with van der Waals surface area (Å²) >= 11 is 24.4. The quantitative estimate of drug-likeness (QED) is 0.593. The van der Waals surface area contributed by atoms with Gasteiger partial charge in [0.1, 0.15) is 0 Å². The van der Waals surface area contributed by atoms with E-state index in [4.69, 9.17) is 46.4 Å². The maximum atomic E-state index is 6.38. The molecule has 0 radical (unpaired) electrons. The Morgan fingerprint density at radius 3 is 2.33 bits per heavy atom. The Bertz CT molecular complexity index is 551. The van der Waals surface area contributed by atoms with Crippen LogP contribution in [0.3, 0.4) is 0 Å². The Morgan fingerprint density at radius 2 is 1.61 bits per heavy atom. The number of hydrogen-bond donors (Lipinski definition) is 0. The van der Waals surface area contributed by atoms with Gasteiger partial charge < -0.3 is 0 Å². The molecule has 2 rings (SSSR count). The molecule has 0 heterocycles. The van der Waals surface area contributed by atoms with Gasteiger partial charge in [0.05, 0.1) is 5.38 Å². The van der Waals surface area contributed by atoms with Crippen LogP contribution in [-0.2, 0) is 6.42 Å². The Hall–Kier alpha value is -0.400. The highest BCUT2D eigenvalue weighted by molar-refractivity contribution is 6.34. The van der Waals surface area contributed by atoms with Gasteiger partial charge in [-0.3, -0.25) is 0 Å². The van der Waals surface area contributed by atoms with Crippen molar-refractivity contribution in [3.8, 4) is 0 Å². The minimum atomic E-state index is -0.227. The standard InChI is InChI=1S/C14H10Cl4/c15-10-3-1-2-9(6-10)7-14(18)12-8-11(16)4-5-13(12)17/h1-6,8,14H,7H2. The molecule has 2 aromatic carbocycles. The molecule has 1 unspecified atom stereocenters. The second-order valence-electron chi connectivity index (χ2n) is 3.97. The second-order valence-corrected chi connectivity index (χ2v) is 5.77. The zero-order chi connectivity index (χ0) is 13.1. The summed E-state index contributed by atoms with van der Waals surface area (Å²) in [5.41, 5.74) is 1.91. The van der Waals surface area contributed by atoms with Gasteiger partial charge in [0.15, 0.2) is 0 Å². The zero-order valence-electron chi connectivity index (χ0n) is 9.34. The number of halogens is 4. The first-order valence-electron chi connectivity index (χ1n) is 5.40. The van der Waals surface area contributed by atoms with E-state index < -0.39 is 0 Å². The topological polar surface area (TPSA) is 0 Å². The van der Waals surface area contributed by atoms with Crippen molar-refractivity contribution >= 4 is 46.4 Å². The lowest BCUT2D eigenvalue weighted by Gasteiger charge is -2.12. The molecule has 0 saturated heterocycles. The molecular formula is C14H10Cl4. The molecule has 4 heteroatoms. The van der Waals surface area contributed by atoms with Crippen molar-refractivity contribution in [3.63, 3.8) is 0 Å². The molecule has 94 valence electrons. The van der Waals surface area contributed by atoms with Gasteiger partial charge in [-0.25, -0.2) is 0 Å². The lowest BCUT2D eigenvalue weighted by molar-refractivity contribution is 0.920. The molecule has 0 amide bonds. The maximum absolute atomic E-state index is 6.38. The summed E-state index contributed by atoms with van der Waals surface area (Å²) in [5.74, 6) is 0. The third-order valence-electron chi connectivity index (χ3n) is 2.60. The fraction of sp³-hybridized carbons (Fsp3) is 0.143. The van der Waals surface area contributed by atoms with Crippen molar-refractivity contribution in [2.45, 2.75) is 11.8 Å². The van der Waals surface area contributed by atoms with Gasteiger partial charge in [0.2, 0.25) is 0 Å². The highest BCUT2D eigenvalue weighted by Gasteiger charge is 2.13. The van der Waals surface area contributed by atoms with E-state index in [1.54, 1.807) is 18.2 Å². The molecule has 0 N–H and O–H groups in total. The number of hydrogen-bond acceptors (Lipinski definition) is 0. The van der Waals surface area contributed by atoms with Gasteiger partial charge in [0, 0.05) is 15.1 Å². The smallest absolute Gasteiger partial charge is 0.0640 e. The molecule has 18 heavy (non-hydrogen) atoms. The molecule has 0 aromatic heterocycles. The Balaban J connectivity index is 2.21. The highest BCUT2D eigenvalue weighted by atomic mass is 35.5. The van der Waals surface area contributed by atoms with Gasteiger partial charge in [0.25, 0.3) is 0 Å². The molecule has 0 aliphatic rings. The predicted octanol–water partition coefficient (Wildman–Crippen LogP) is 6.17. The molecule has 0 aliphatic heterocycles. The number of benzene rings is 2. The van der Waals surface area contributed by atoms with Crippen molar-refractivity contribution < 1.29 is 0 Å². The van der Waals surface area contributed by atoms with E-state index in [0.29, 0.717) is 21.5 Å². The lowest BCUT2D eigenvalue weighted by atomic mass is 10.0. The molecule has 0 aliphatic carbocycles. The third-order valence-corrected chi connectivity index (χ3v) is 3.80. The van der Waals surface area contributed by atoms with Crippen LogP contribution in [0.1, 0.15) is 16.5 Å². The fourth-order valence-corrected chi connectivity index (χ4v) is 2.79. The van der Waals surface area contributed by atoms with Crippen molar-refractivity contribution in [2.24, 2.45) is 0 Å². The first kappa shape index (κ1) is 14.0. The highest BCUT2D eigenvalue weighted by Crippen LogP contribution is 2.33. The van der Waals surface area contributed by atoms with Crippen LogP contribution < -0.4 is 0 Å². The zero-order valence-corrected chi connectivity index (χ0v) is 12.4. The molecule has 0 nitrogen and oxygen atoms in total. The van der Waals surface area contributed by atoms with E-state index >= 15 is 0 Å². The second kappa shape index (κ2) is 6.16. The van der Waals surface area contributed by atoms with E-state index in [9.17, 15) is 0 Å². The normalized spacial score (nSPS) is 12.4. The van der Waals surface area contributed by atoms with Crippen molar-refractivity contribution in [1.82, 2.24) is 0 Å². The van der Waals surface area contributed by atoms with Crippen LogP contribution >= 0.6 is 46.4 Å². The van der Waals surface area contributed by atoms with E-state index in [-0.39, 0.29) is 5.38 Å². The monoisotopic (exact) mass is 318 g/mol. The van der Waals surface area contributed by atoms with Gasteiger partial charge in [-0.05, 0) is 47.9 Å². The molecule has 0 saturated carbocycles. The van der Waals surface area contributed by atoms with Crippen LogP contribution in [-0.4, -0.2) is 0 Å². The van der Waals surface area contributed by atoms with Crippen LogP contribution in [0.5, 0.6) is 0 Å². The number of alkyl halides is 1. The van der Waals surface area contributed by atoms with Crippen LogP contribution in [0.4, 0.5) is 0 Å². The van der Waals surface area contributed by atoms with Crippen molar-refractivity contribution in [2.75, 3.05) is 0 Å². The fourth-order valence-electron chi connectivity index (χ4n) is 1.74. The summed E-state index contributed by atoms with van der Waals surface area (Å²) in [7, 11) is 0. The number of rotatable bonds is 3. The van der Waals surface area contributed by atoms with Gasteiger partial charge in [-0.2, -0.15) is 0 Å². The van der Waals surface area contributed by atoms with Crippen LogP contribution in [0.25, 0.3) is 0 Å². The molecule has 0 spiro atoms. The molecule has 1 atom stereocenters. The van der Waals surface area contributed by atoms with E-state index in [1.807, 2.05) is 24.3 Å². The third kappa shape index (κ3) is 3.55. The van der Waals surface area contributed by atoms with Crippen LogP contribution in [0, 0.1) is 0 Å². The summed E-state index contributed by atoms with van der Waals surface area (Å²) in [6, 6.07) is 12.9. The first-order valence-corrected chi connectivity index (χ1v) is 6.97. The van der Waals surface area contributed by atoms with E-state index in [2.05, 4.69) is 0 Å². The van der Waals surface area contributed by atoms with Gasteiger partial charge >= 0.3 is 0 Å². The molecule has 0 fully saturated rings. The SMILES string of the molecule is Clc1cccc(CC(Cl)c2cc(Cl)ccc2Cl)c1. The van der Waals surface area contributed by atoms with Gasteiger partial charge in [-0.1, -0.05) is 46.9 Å². The summed E-state index contributed by atoms with van der Waals surface area (Å²) in [6.45, 7) is 0. The largest absolute Gasteiger partial charge is 0.117 e. The van der Waals surface area contributed by atoms with E-state index in [1.165, 1.54) is 0 Å². The molecule has 2 aromatic rings. The van der Waals surface area contributed by atoms with E-state index in [0.717, 1.165) is 11.1 Å². The van der Waals surface area contributed by atoms with Crippen LogP contribution in [0.2, 0.25) is 15.1 Å². The minimum absolute atomic E-state index is 0.227. The van der Waals surface area contributed by atoms with Crippen molar-refractivity contribution in [3.05, 3.63) is 68.7 Å². The Labute approximate surface area is 126 Å². The minimum Gasteiger partial charge on any atom is -0.117 e. The maximum Gasteiger partial charge on any atom is 0.0640 e. The first-order chi connectivity index (χ1) is 8.56. The lowest BCUT2D eigenvalue weighted by Crippen LogP contribution is -1.97. The average Bonchev–Trinajstić information content (AvgIpc) is 2.32. The molecule has 0 bridgehead atoms. The average molecular weight is 320 g/mol. The summed E-state index contributed by atoms with van der Waals surface area (Å²) in [4.78, 5) is 0.